The van der Waals surface area contributed by atoms with E-state index in [4.69, 9.17) is 16.3 Å². The van der Waals surface area contributed by atoms with E-state index >= 15 is 0 Å². The highest BCUT2D eigenvalue weighted by molar-refractivity contribution is 6.30. The van der Waals surface area contributed by atoms with E-state index in [1.54, 1.807) is 31.4 Å². The molecule has 4 aromatic rings. The molecular weight excluding hydrogens is 446 g/mol. The van der Waals surface area contributed by atoms with Crippen LogP contribution in [0.5, 0.6) is 5.75 Å². The standard InChI is InChI=1S/C28H24ClN3O2/c1-34-25-18-12-22(13-19-25)28(33)32-31-27(30-24-16-14-23(29)15-17-24)26(20-8-4-2-5-9-20)21-10-6-3-7-11-21/h2-19,30-31H,1H3,(H,32,33). The largest absolute Gasteiger partial charge is 0.497 e. The smallest absolute Gasteiger partial charge is 0.269 e. The lowest BCUT2D eigenvalue weighted by molar-refractivity contribution is 0.0939. The summed E-state index contributed by atoms with van der Waals surface area (Å²) in [6, 6.07) is 34.3. The van der Waals surface area contributed by atoms with Crippen molar-refractivity contribution in [3.63, 3.8) is 0 Å². The molecule has 34 heavy (non-hydrogen) atoms. The second kappa shape index (κ2) is 11.1. The maximum atomic E-state index is 12.9. The monoisotopic (exact) mass is 469 g/mol. The zero-order valence-corrected chi connectivity index (χ0v) is 19.3. The van der Waals surface area contributed by atoms with E-state index in [1.165, 1.54) is 0 Å². The van der Waals surface area contributed by atoms with Gasteiger partial charge in [-0.3, -0.25) is 15.6 Å². The number of hydrogen-bond acceptors (Lipinski definition) is 4. The molecule has 0 atom stereocenters. The van der Waals surface area contributed by atoms with Crippen LogP contribution in [-0.2, 0) is 0 Å². The van der Waals surface area contributed by atoms with Crippen LogP contribution in [0.4, 0.5) is 5.69 Å². The van der Waals surface area contributed by atoms with E-state index in [-0.39, 0.29) is 5.91 Å². The maximum absolute atomic E-state index is 12.9. The van der Waals surface area contributed by atoms with E-state index in [0.29, 0.717) is 22.2 Å². The lowest BCUT2D eigenvalue weighted by Crippen LogP contribution is -2.39. The Hall–Kier alpha value is -4.22. The van der Waals surface area contributed by atoms with Gasteiger partial charge in [0.05, 0.1) is 7.11 Å². The quantitative estimate of drug-likeness (QED) is 0.272. The number of anilines is 1. The number of nitrogens with one attached hydrogen (secondary N) is 3. The number of carbonyl (C=O) groups is 1. The van der Waals surface area contributed by atoms with Crippen molar-refractivity contribution < 1.29 is 9.53 Å². The summed E-state index contributed by atoms with van der Waals surface area (Å²) in [6.07, 6.45) is 0. The minimum Gasteiger partial charge on any atom is -0.497 e. The van der Waals surface area contributed by atoms with Gasteiger partial charge < -0.3 is 10.1 Å². The summed E-state index contributed by atoms with van der Waals surface area (Å²) in [5, 5.41) is 4.05. The highest BCUT2D eigenvalue weighted by Crippen LogP contribution is 2.27. The molecule has 0 spiro atoms. The van der Waals surface area contributed by atoms with Crippen LogP contribution in [0, 0.1) is 0 Å². The summed E-state index contributed by atoms with van der Waals surface area (Å²) >= 11 is 6.07. The zero-order valence-electron chi connectivity index (χ0n) is 18.6. The molecule has 0 aromatic heterocycles. The molecule has 0 bridgehead atoms. The molecule has 6 heteroatoms. The number of benzene rings is 4. The van der Waals surface area contributed by atoms with Crippen LogP contribution in [0.2, 0.25) is 5.02 Å². The lowest BCUT2D eigenvalue weighted by Gasteiger charge is -2.20. The van der Waals surface area contributed by atoms with Crippen molar-refractivity contribution in [2.75, 3.05) is 12.4 Å². The van der Waals surface area contributed by atoms with Crippen LogP contribution in [0.15, 0.2) is 115 Å². The summed E-state index contributed by atoms with van der Waals surface area (Å²) in [5.74, 6) is 1.02. The molecule has 0 aliphatic carbocycles. The number of halogens is 1. The number of amides is 1. The fraction of sp³-hybridized carbons (Fsp3) is 0.0357. The molecule has 0 unspecified atom stereocenters. The molecule has 5 nitrogen and oxygen atoms in total. The third kappa shape index (κ3) is 5.77. The number of hydrazine groups is 1. The minimum absolute atomic E-state index is 0.279. The van der Waals surface area contributed by atoms with Crippen molar-refractivity contribution in [1.82, 2.24) is 10.9 Å². The number of rotatable bonds is 8. The molecule has 0 heterocycles. The molecule has 3 N–H and O–H groups in total. The van der Waals surface area contributed by atoms with Crippen LogP contribution in [0.25, 0.3) is 5.57 Å². The van der Waals surface area contributed by atoms with Crippen molar-refractivity contribution in [3.8, 4) is 5.75 Å². The first-order chi connectivity index (χ1) is 16.6. The average molecular weight is 470 g/mol. The van der Waals surface area contributed by atoms with E-state index < -0.39 is 0 Å². The fourth-order valence-electron chi connectivity index (χ4n) is 3.43. The molecule has 170 valence electrons. The van der Waals surface area contributed by atoms with Gasteiger partial charge in [-0.2, -0.15) is 0 Å². The van der Waals surface area contributed by atoms with E-state index in [1.807, 2.05) is 84.9 Å². The Labute approximate surface area is 204 Å². The van der Waals surface area contributed by atoms with Gasteiger partial charge in [-0.25, -0.2) is 0 Å². The van der Waals surface area contributed by atoms with E-state index in [9.17, 15) is 4.79 Å². The molecule has 0 saturated heterocycles. The zero-order chi connectivity index (χ0) is 23.8. The summed E-state index contributed by atoms with van der Waals surface area (Å²) in [7, 11) is 1.59. The average Bonchev–Trinajstić information content (AvgIpc) is 2.89. The maximum Gasteiger partial charge on any atom is 0.269 e. The molecule has 1 amide bonds. The summed E-state index contributed by atoms with van der Waals surface area (Å²) in [5.41, 5.74) is 10.1. The molecule has 0 saturated carbocycles. The number of ether oxygens (including phenoxy) is 1. The van der Waals surface area contributed by atoms with Gasteiger partial charge in [0.2, 0.25) is 0 Å². The molecule has 0 aliphatic rings. The Morgan fingerprint density at radius 1 is 0.676 bits per heavy atom. The molecule has 4 rings (SSSR count). The van der Waals surface area contributed by atoms with Crippen molar-refractivity contribution >= 4 is 28.8 Å². The van der Waals surface area contributed by atoms with Gasteiger partial charge >= 0.3 is 0 Å². The van der Waals surface area contributed by atoms with Crippen LogP contribution in [-0.4, -0.2) is 13.0 Å². The summed E-state index contributed by atoms with van der Waals surface area (Å²) < 4.78 is 5.18. The first-order valence-electron chi connectivity index (χ1n) is 10.7. The predicted octanol–water partition coefficient (Wildman–Crippen LogP) is 6.11. The predicted molar refractivity (Wildman–Crippen MR) is 138 cm³/mol. The Bertz CT molecular complexity index is 1220. The summed E-state index contributed by atoms with van der Waals surface area (Å²) in [4.78, 5) is 12.9. The second-order valence-electron chi connectivity index (χ2n) is 7.42. The number of hydrogen-bond donors (Lipinski definition) is 3. The second-order valence-corrected chi connectivity index (χ2v) is 7.86. The fourth-order valence-corrected chi connectivity index (χ4v) is 3.56. The topological polar surface area (TPSA) is 62.4 Å². The van der Waals surface area contributed by atoms with Gasteiger partial charge in [0.15, 0.2) is 0 Å². The van der Waals surface area contributed by atoms with Crippen LogP contribution >= 0.6 is 11.6 Å². The summed E-state index contributed by atoms with van der Waals surface area (Å²) in [6.45, 7) is 0. The Morgan fingerprint density at radius 2 is 1.24 bits per heavy atom. The normalized spacial score (nSPS) is 10.2. The van der Waals surface area contributed by atoms with Gasteiger partial charge in [-0.1, -0.05) is 72.3 Å². The van der Waals surface area contributed by atoms with Gasteiger partial charge in [0.25, 0.3) is 5.91 Å². The Kier molecular flexibility index (Phi) is 7.48. The number of methoxy groups -OCH3 is 1. The van der Waals surface area contributed by atoms with Crippen LogP contribution in [0.1, 0.15) is 21.5 Å². The van der Waals surface area contributed by atoms with E-state index in [0.717, 1.165) is 22.4 Å². The molecule has 0 fully saturated rings. The molecule has 4 aromatic carbocycles. The lowest BCUT2D eigenvalue weighted by atomic mass is 9.97. The van der Waals surface area contributed by atoms with Crippen molar-refractivity contribution in [3.05, 3.63) is 137 Å². The molecule has 0 radical (unpaired) electrons. The van der Waals surface area contributed by atoms with Gasteiger partial charge in [-0.05, 0) is 59.7 Å². The highest BCUT2D eigenvalue weighted by Gasteiger charge is 2.14. The van der Waals surface area contributed by atoms with Gasteiger partial charge in [-0.15, -0.1) is 0 Å². The van der Waals surface area contributed by atoms with Crippen LogP contribution < -0.4 is 20.9 Å². The van der Waals surface area contributed by atoms with Crippen molar-refractivity contribution in [2.24, 2.45) is 0 Å². The third-order valence-electron chi connectivity index (χ3n) is 5.14. The van der Waals surface area contributed by atoms with Gasteiger partial charge in [0.1, 0.15) is 11.6 Å². The highest BCUT2D eigenvalue weighted by atomic mass is 35.5. The number of carbonyl (C=O) groups excluding carboxylic acids is 1. The van der Waals surface area contributed by atoms with Crippen molar-refractivity contribution in [2.45, 2.75) is 0 Å². The first kappa shape index (κ1) is 23.0. The minimum atomic E-state index is -0.279. The molecule has 0 aliphatic heterocycles. The van der Waals surface area contributed by atoms with E-state index in [2.05, 4.69) is 16.2 Å². The molecular formula is C28H24ClN3O2. The first-order valence-corrected chi connectivity index (χ1v) is 11.1. The SMILES string of the molecule is COc1ccc(C(=O)NNC(Nc2ccc(Cl)cc2)=C(c2ccccc2)c2ccccc2)cc1. The third-order valence-corrected chi connectivity index (χ3v) is 5.39. The van der Waals surface area contributed by atoms with Crippen LogP contribution in [0.3, 0.4) is 0 Å². The van der Waals surface area contributed by atoms with Gasteiger partial charge in [0, 0.05) is 21.8 Å². The Morgan fingerprint density at radius 3 is 1.76 bits per heavy atom. The van der Waals surface area contributed by atoms with Crippen molar-refractivity contribution in [1.29, 1.82) is 0 Å². The Balaban J connectivity index is 1.72.